The van der Waals surface area contributed by atoms with Crippen LogP contribution < -0.4 is 10.6 Å². The number of fused-ring (bicyclic) bond motifs is 1. The van der Waals surface area contributed by atoms with Gasteiger partial charge in [-0.25, -0.2) is 4.68 Å². The number of amides is 2. The topological polar surface area (TPSA) is 88.9 Å². The van der Waals surface area contributed by atoms with Crippen molar-refractivity contribution in [3.63, 3.8) is 0 Å². The van der Waals surface area contributed by atoms with Crippen LogP contribution in [0.2, 0.25) is 5.02 Å². The number of carbonyl (C=O) groups excluding carboxylic acids is 2. The maximum Gasteiger partial charge on any atom is 0.251 e. The highest BCUT2D eigenvalue weighted by atomic mass is 35.5. The first-order chi connectivity index (χ1) is 13.5. The van der Waals surface area contributed by atoms with Crippen LogP contribution in [-0.4, -0.2) is 33.4 Å². The molecule has 28 heavy (non-hydrogen) atoms. The molecular weight excluding hydrogens is 378 g/mol. The van der Waals surface area contributed by atoms with Crippen molar-refractivity contribution in [2.24, 2.45) is 0 Å². The molecule has 0 unspecified atom stereocenters. The molecule has 0 saturated heterocycles. The van der Waals surface area contributed by atoms with Crippen molar-refractivity contribution in [3.05, 3.63) is 52.5 Å². The van der Waals surface area contributed by atoms with E-state index in [-0.39, 0.29) is 24.8 Å². The molecule has 0 bridgehead atoms. The SMILES string of the molecule is CCCn1nnc2cc(C(=O)NCCC(=O)Nc3ccc(Cl)cc3C)ccc21. The molecule has 0 spiro atoms. The van der Waals surface area contributed by atoms with Crippen LogP contribution in [0.15, 0.2) is 36.4 Å². The maximum absolute atomic E-state index is 12.3. The highest BCUT2D eigenvalue weighted by Gasteiger charge is 2.11. The molecule has 2 N–H and O–H groups in total. The number of hydrogen-bond acceptors (Lipinski definition) is 4. The van der Waals surface area contributed by atoms with Gasteiger partial charge in [-0.2, -0.15) is 0 Å². The van der Waals surface area contributed by atoms with Crippen molar-refractivity contribution in [2.75, 3.05) is 11.9 Å². The average molecular weight is 400 g/mol. The molecule has 0 aliphatic heterocycles. The van der Waals surface area contributed by atoms with Crippen LogP contribution in [0, 0.1) is 6.92 Å². The van der Waals surface area contributed by atoms with Crippen LogP contribution in [0.1, 0.15) is 35.7 Å². The van der Waals surface area contributed by atoms with Gasteiger partial charge in [0.1, 0.15) is 5.52 Å². The molecule has 0 aliphatic carbocycles. The third-order valence-corrected chi connectivity index (χ3v) is 4.55. The molecule has 2 aromatic carbocycles. The lowest BCUT2D eigenvalue weighted by Gasteiger charge is -2.09. The minimum atomic E-state index is -0.248. The van der Waals surface area contributed by atoms with Gasteiger partial charge in [0, 0.05) is 35.8 Å². The number of hydrogen-bond donors (Lipinski definition) is 2. The van der Waals surface area contributed by atoms with Gasteiger partial charge >= 0.3 is 0 Å². The molecule has 7 nitrogen and oxygen atoms in total. The van der Waals surface area contributed by atoms with E-state index in [0.717, 1.165) is 24.0 Å². The summed E-state index contributed by atoms with van der Waals surface area (Å²) in [5.74, 6) is -0.425. The fourth-order valence-electron chi connectivity index (χ4n) is 2.86. The fraction of sp³-hybridized carbons (Fsp3) is 0.300. The van der Waals surface area contributed by atoms with E-state index >= 15 is 0 Å². The van der Waals surface area contributed by atoms with E-state index in [2.05, 4.69) is 27.9 Å². The van der Waals surface area contributed by atoms with E-state index in [4.69, 9.17) is 11.6 Å². The first kappa shape index (κ1) is 19.8. The van der Waals surface area contributed by atoms with E-state index in [1.807, 2.05) is 17.7 Å². The summed E-state index contributed by atoms with van der Waals surface area (Å²) in [6, 6.07) is 10.6. The molecule has 1 heterocycles. The number of nitrogens with one attached hydrogen (secondary N) is 2. The number of aryl methyl sites for hydroxylation is 2. The van der Waals surface area contributed by atoms with E-state index in [0.29, 0.717) is 21.8 Å². The second kappa shape index (κ2) is 8.84. The number of anilines is 1. The Morgan fingerprint density at radius 1 is 1.18 bits per heavy atom. The summed E-state index contributed by atoms with van der Waals surface area (Å²) < 4.78 is 1.82. The number of rotatable bonds is 7. The molecule has 0 radical (unpaired) electrons. The molecule has 1 aromatic heterocycles. The van der Waals surface area contributed by atoms with Crippen LogP contribution in [0.4, 0.5) is 5.69 Å². The number of aromatic nitrogens is 3. The summed E-state index contributed by atoms with van der Waals surface area (Å²) in [5, 5.41) is 14.4. The quantitative estimate of drug-likeness (QED) is 0.635. The molecule has 0 fully saturated rings. The molecule has 0 atom stereocenters. The number of benzene rings is 2. The monoisotopic (exact) mass is 399 g/mol. The summed E-state index contributed by atoms with van der Waals surface area (Å²) in [6.45, 7) is 4.96. The molecule has 8 heteroatoms. The molecule has 0 aliphatic rings. The Morgan fingerprint density at radius 2 is 2.00 bits per heavy atom. The van der Waals surface area contributed by atoms with Crippen molar-refractivity contribution in [1.82, 2.24) is 20.3 Å². The normalized spacial score (nSPS) is 10.8. The molecule has 3 aromatic rings. The predicted octanol–water partition coefficient (Wildman–Crippen LogP) is 3.56. The van der Waals surface area contributed by atoms with Gasteiger partial charge in [-0.1, -0.05) is 23.7 Å². The second-order valence-electron chi connectivity index (χ2n) is 6.53. The van der Waals surface area contributed by atoms with Gasteiger partial charge in [0.05, 0.1) is 5.52 Å². The van der Waals surface area contributed by atoms with Crippen LogP contribution in [-0.2, 0) is 11.3 Å². The molecule has 3 rings (SSSR count). The zero-order valence-electron chi connectivity index (χ0n) is 15.8. The zero-order valence-corrected chi connectivity index (χ0v) is 16.6. The van der Waals surface area contributed by atoms with Gasteiger partial charge < -0.3 is 10.6 Å². The van der Waals surface area contributed by atoms with E-state index in [9.17, 15) is 9.59 Å². The van der Waals surface area contributed by atoms with Gasteiger partial charge in [-0.05, 0) is 55.3 Å². The Bertz CT molecular complexity index is 1010. The second-order valence-corrected chi connectivity index (χ2v) is 6.97. The van der Waals surface area contributed by atoms with Crippen molar-refractivity contribution >= 4 is 40.1 Å². The Kier molecular flexibility index (Phi) is 6.26. The number of carbonyl (C=O) groups is 2. The highest BCUT2D eigenvalue weighted by molar-refractivity contribution is 6.30. The number of nitrogens with zero attached hydrogens (tertiary/aromatic N) is 3. The average Bonchev–Trinajstić information content (AvgIpc) is 3.06. The van der Waals surface area contributed by atoms with E-state index in [1.165, 1.54) is 0 Å². The summed E-state index contributed by atoms with van der Waals surface area (Å²) in [4.78, 5) is 24.4. The molecular formula is C20H22ClN5O2. The Hall–Kier alpha value is -2.93. The van der Waals surface area contributed by atoms with Gasteiger partial charge in [-0.15, -0.1) is 5.10 Å². The Labute approximate surface area is 168 Å². The molecule has 146 valence electrons. The van der Waals surface area contributed by atoms with Crippen molar-refractivity contribution in [2.45, 2.75) is 33.2 Å². The molecule has 0 saturated carbocycles. The lowest BCUT2D eigenvalue weighted by Crippen LogP contribution is -2.27. The van der Waals surface area contributed by atoms with Crippen LogP contribution in [0.5, 0.6) is 0 Å². The first-order valence-electron chi connectivity index (χ1n) is 9.15. The van der Waals surface area contributed by atoms with Crippen LogP contribution in [0.25, 0.3) is 11.0 Å². The van der Waals surface area contributed by atoms with Crippen LogP contribution >= 0.6 is 11.6 Å². The zero-order chi connectivity index (χ0) is 20.1. The molecule has 2 amide bonds. The first-order valence-corrected chi connectivity index (χ1v) is 9.53. The minimum Gasteiger partial charge on any atom is -0.352 e. The van der Waals surface area contributed by atoms with Gasteiger partial charge in [-0.3, -0.25) is 9.59 Å². The number of halogens is 1. The Morgan fingerprint density at radius 3 is 2.75 bits per heavy atom. The Balaban J connectivity index is 1.53. The minimum absolute atomic E-state index is 0.169. The maximum atomic E-state index is 12.3. The van der Waals surface area contributed by atoms with Crippen molar-refractivity contribution in [1.29, 1.82) is 0 Å². The van der Waals surface area contributed by atoms with Gasteiger partial charge in [0.2, 0.25) is 5.91 Å². The van der Waals surface area contributed by atoms with Gasteiger partial charge in [0.25, 0.3) is 5.91 Å². The van der Waals surface area contributed by atoms with E-state index in [1.54, 1.807) is 30.3 Å². The lowest BCUT2D eigenvalue weighted by atomic mass is 10.2. The predicted molar refractivity (Wildman–Crippen MR) is 110 cm³/mol. The van der Waals surface area contributed by atoms with Crippen LogP contribution in [0.3, 0.4) is 0 Å². The smallest absolute Gasteiger partial charge is 0.251 e. The highest BCUT2D eigenvalue weighted by Crippen LogP contribution is 2.19. The fourth-order valence-corrected chi connectivity index (χ4v) is 3.09. The standard InChI is InChI=1S/C20H22ClN5O2/c1-3-10-26-18-7-4-14(12-17(18)24-25-26)20(28)22-9-8-19(27)23-16-6-5-15(21)11-13(16)2/h4-7,11-12H,3,8-10H2,1-2H3,(H,22,28)(H,23,27). The third kappa shape index (κ3) is 4.67. The summed E-state index contributed by atoms with van der Waals surface area (Å²) in [5.41, 5.74) is 3.66. The van der Waals surface area contributed by atoms with E-state index < -0.39 is 0 Å². The summed E-state index contributed by atoms with van der Waals surface area (Å²) in [7, 11) is 0. The van der Waals surface area contributed by atoms with Gasteiger partial charge in [0.15, 0.2) is 0 Å². The lowest BCUT2D eigenvalue weighted by molar-refractivity contribution is -0.116. The van der Waals surface area contributed by atoms with Crippen molar-refractivity contribution < 1.29 is 9.59 Å². The summed E-state index contributed by atoms with van der Waals surface area (Å²) in [6.07, 6.45) is 1.13. The largest absolute Gasteiger partial charge is 0.352 e. The summed E-state index contributed by atoms with van der Waals surface area (Å²) >= 11 is 5.91. The van der Waals surface area contributed by atoms with Crippen molar-refractivity contribution in [3.8, 4) is 0 Å². The third-order valence-electron chi connectivity index (χ3n) is 4.31.